The summed E-state index contributed by atoms with van der Waals surface area (Å²) in [4.78, 5) is 17.5. The summed E-state index contributed by atoms with van der Waals surface area (Å²) < 4.78 is 9.64. The number of rotatable bonds is 7. The third-order valence-corrected chi connectivity index (χ3v) is 6.40. The largest absolute Gasteiger partial charge is 0.461 e. The lowest BCUT2D eigenvalue weighted by Crippen LogP contribution is -2.22. The molecule has 2 aromatic carbocycles. The first-order valence-corrected chi connectivity index (χ1v) is 12.1. The first-order valence-electron chi connectivity index (χ1n) is 11.0. The monoisotopic (exact) mass is 544 g/mol. The molecule has 0 aliphatic heterocycles. The second-order valence-corrected chi connectivity index (χ2v) is 9.45. The number of nitrogens with one attached hydrogen (secondary N) is 1. The highest BCUT2D eigenvalue weighted by atomic mass is 79.9. The fourth-order valence-electron chi connectivity index (χ4n) is 4.05. The van der Waals surface area contributed by atoms with Crippen molar-refractivity contribution in [2.75, 3.05) is 11.9 Å². The molecule has 0 spiro atoms. The number of aromatic nitrogens is 5. The predicted octanol–water partition coefficient (Wildman–Crippen LogP) is 5.85. The molecule has 0 aliphatic rings. The van der Waals surface area contributed by atoms with Crippen LogP contribution in [0.4, 0.5) is 5.69 Å². The van der Waals surface area contributed by atoms with Gasteiger partial charge in [-0.3, -0.25) is 0 Å². The minimum atomic E-state index is -0.471. The van der Waals surface area contributed by atoms with Crippen molar-refractivity contribution in [2.24, 2.45) is 7.05 Å². The summed E-state index contributed by atoms with van der Waals surface area (Å²) in [5.41, 5.74) is 5.48. The van der Waals surface area contributed by atoms with Crippen molar-refractivity contribution in [1.82, 2.24) is 24.5 Å². The number of halogens is 2. The minimum absolute atomic E-state index is 0.0298. The third-order valence-electron chi connectivity index (χ3n) is 5.59. The molecule has 0 bridgehead atoms. The standard InChI is InChI=1S/C24H26BrClN6O2/c1-6-34-23(33)21-22(32(13(2)3)24(25)28-21)20(15-7-9-16(26)10-8-15)27-17-11-14(4)19-18(12-17)31(5)30-29-19/h7-13,20,27H,6H2,1-5H3. The molecule has 2 heterocycles. The molecule has 0 fully saturated rings. The van der Waals surface area contributed by atoms with Crippen LogP contribution in [-0.2, 0) is 11.8 Å². The van der Waals surface area contributed by atoms with Crippen LogP contribution >= 0.6 is 27.5 Å². The molecule has 10 heteroatoms. The van der Waals surface area contributed by atoms with Gasteiger partial charge >= 0.3 is 5.97 Å². The van der Waals surface area contributed by atoms with Crippen LogP contribution in [0.5, 0.6) is 0 Å². The fraction of sp³-hybridized carbons (Fsp3) is 0.333. The summed E-state index contributed by atoms with van der Waals surface area (Å²) in [5.74, 6) is -0.471. The molecule has 0 radical (unpaired) electrons. The Bertz CT molecular complexity index is 1350. The Balaban J connectivity index is 1.93. The van der Waals surface area contributed by atoms with Gasteiger partial charge in [0, 0.05) is 23.8 Å². The molecule has 1 N–H and O–H groups in total. The number of imidazole rings is 1. The van der Waals surface area contributed by atoms with E-state index in [-0.39, 0.29) is 18.3 Å². The number of carbonyl (C=O) groups is 1. The molecule has 1 atom stereocenters. The number of benzene rings is 2. The van der Waals surface area contributed by atoms with Gasteiger partial charge in [-0.05, 0) is 79.0 Å². The highest BCUT2D eigenvalue weighted by Crippen LogP contribution is 2.35. The van der Waals surface area contributed by atoms with E-state index >= 15 is 0 Å². The van der Waals surface area contributed by atoms with Crippen LogP contribution in [0.3, 0.4) is 0 Å². The van der Waals surface area contributed by atoms with Crippen molar-refractivity contribution in [3.05, 3.63) is 68.7 Å². The number of hydrogen-bond acceptors (Lipinski definition) is 6. The first-order chi connectivity index (χ1) is 16.2. The first kappa shape index (κ1) is 24.2. The number of nitrogens with zero attached hydrogens (tertiary/aromatic N) is 5. The Morgan fingerprint density at radius 2 is 1.94 bits per heavy atom. The average molecular weight is 546 g/mol. The van der Waals surface area contributed by atoms with Crippen molar-refractivity contribution in [3.63, 3.8) is 0 Å². The molecule has 1 unspecified atom stereocenters. The van der Waals surface area contributed by atoms with E-state index in [0.29, 0.717) is 15.5 Å². The number of hydrogen-bond donors (Lipinski definition) is 1. The summed E-state index contributed by atoms with van der Waals surface area (Å²) >= 11 is 9.74. The quantitative estimate of drug-likeness (QED) is 0.293. The van der Waals surface area contributed by atoms with E-state index in [4.69, 9.17) is 16.3 Å². The molecule has 178 valence electrons. The Morgan fingerprint density at radius 1 is 1.24 bits per heavy atom. The van der Waals surface area contributed by atoms with Gasteiger partial charge in [0.1, 0.15) is 5.52 Å². The van der Waals surface area contributed by atoms with Gasteiger partial charge in [0.05, 0.1) is 23.9 Å². The lowest BCUT2D eigenvalue weighted by Gasteiger charge is -2.25. The lowest BCUT2D eigenvalue weighted by atomic mass is 10.0. The maximum absolute atomic E-state index is 12.9. The number of aryl methyl sites for hydroxylation is 2. The zero-order valence-electron chi connectivity index (χ0n) is 19.6. The van der Waals surface area contributed by atoms with Gasteiger partial charge in [0.2, 0.25) is 0 Å². The molecule has 0 saturated heterocycles. The summed E-state index contributed by atoms with van der Waals surface area (Å²) in [5, 5.41) is 12.7. The maximum atomic E-state index is 12.9. The Labute approximate surface area is 211 Å². The third kappa shape index (κ3) is 4.54. The normalized spacial score (nSPS) is 12.4. The number of esters is 1. The van der Waals surface area contributed by atoms with Crippen LogP contribution in [0.25, 0.3) is 11.0 Å². The van der Waals surface area contributed by atoms with E-state index in [1.54, 1.807) is 11.6 Å². The molecule has 0 aliphatic carbocycles. The summed E-state index contributed by atoms with van der Waals surface area (Å²) in [7, 11) is 1.86. The number of anilines is 1. The molecular formula is C24H26BrClN6O2. The van der Waals surface area contributed by atoms with Crippen LogP contribution in [0, 0.1) is 6.92 Å². The lowest BCUT2D eigenvalue weighted by molar-refractivity contribution is 0.0518. The smallest absolute Gasteiger partial charge is 0.358 e. The summed E-state index contributed by atoms with van der Waals surface area (Å²) in [6.45, 7) is 8.12. The van der Waals surface area contributed by atoms with Crippen LogP contribution in [0.15, 0.2) is 41.1 Å². The van der Waals surface area contributed by atoms with Gasteiger partial charge in [0.15, 0.2) is 10.4 Å². The molecule has 0 saturated carbocycles. The van der Waals surface area contributed by atoms with Gasteiger partial charge in [-0.1, -0.05) is 28.9 Å². The van der Waals surface area contributed by atoms with Gasteiger partial charge in [0.25, 0.3) is 0 Å². The SMILES string of the molecule is CCOC(=O)c1nc(Br)n(C(C)C)c1C(Nc1cc(C)c2nnn(C)c2c1)c1ccc(Cl)cc1. The summed E-state index contributed by atoms with van der Waals surface area (Å²) in [6, 6.07) is 11.2. The number of fused-ring (bicyclic) bond motifs is 1. The highest BCUT2D eigenvalue weighted by molar-refractivity contribution is 9.10. The van der Waals surface area contributed by atoms with Crippen LogP contribution in [0.2, 0.25) is 5.02 Å². The molecule has 34 heavy (non-hydrogen) atoms. The second kappa shape index (κ2) is 9.76. The van der Waals surface area contributed by atoms with E-state index in [1.165, 1.54) is 0 Å². The van der Waals surface area contributed by atoms with Crippen molar-refractivity contribution in [3.8, 4) is 0 Å². The Kier molecular flexibility index (Phi) is 6.95. The van der Waals surface area contributed by atoms with Crippen LogP contribution in [-0.4, -0.2) is 37.1 Å². The van der Waals surface area contributed by atoms with E-state index in [0.717, 1.165) is 27.8 Å². The molecule has 8 nitrogen and oxygen atoms in total. The zero-order chi connectivity index (χ0) is 24.6. The number of carbonyl (C=O) groups excluding carboxylic acids is 1. The molecule has 0 amide bonds. The van der Waals surface area contributed by atoms with E-state index in [1.807, 2.05) is 68.8 Å². The fourth-order valence-corrected chi connectivity index (χ4v) is 4.95. The van der Waals surface area contributed by atoms with E-state index in [2.05, 4.69) is 36.5 Å². The van der Waals surface area contributed by atoms with E-state index < -0.39 is 12.0 Å². The predicted molar refractivity (Wildman–Crippen MR) is 136 cm³/mol. The molecule has 4 aromatic rings. The highest BCUT2D eigenvalue weighted by Gasteiger charge is 2.31. The van der Waals surface area contributed by atoms with E-state index in [9.17, 15) is 4.79 Å². The van der Waals surface area contributed by atoms with Crippen molar-refractivity contribution < 1.29 is 9.53 Å². The second-order valence-electron chi connectivity index (χ2n) is 8.30. The topological polar surface area (TPSA) is 86.9 Å². The van der Waals surface area contributed by atoms with Gasteiger partial charge < -0.3 is 14.6 Å². The number of ether oxygens (including phenoxy) is 1. The summed E-state index contributed by atoms with van der Waals surface area (Å²) in [6.07, 6.45) is 0. The van der Waals surface area contributed by atoms with Crippen molar-refractivity contribution in [2.45, 2.75) is 39.8 Å². The Morgan fingerprint density at radius 3 is 2.59 bits per heavy atom. The Hall–Kier alpha value is -2.91. The van der Waals surface area contributed by atoms with Crippen molar-refractivity contribution in [1.29, 1.82) is 0 Å². The molecule has 4 rings (SSSR count). The van der Waals surface area contributed by atoms with Gasteiger partial charge in [-0.2, -0.15) is 0 Å². The molecular weight excluding hydrogens is 520 g/mol. The van der Waals surface area contributed by atoms with Gasteiger partial charge in [-0.15, -0.1) is 5.10 Å². The van der Waals surface area contributed by atoms with Crippen LogP contribution in [0.1, 0.15) is 60.2 Å². The average Bonchev–Trinajstić information content (AvgIpc) is 3.33. The molecule has 2 aromatic heterocycles. The minimum Gasteiger partial charge on any atom is -0.461 e. The van der Waals surface area contributed by atoms with Gasteiger partial charge in [-0.25, -0.2) is 14.5 Å². The zero-order valence-corrected chi connectivity index (χ0v) is 22.0. The van der Waals surface area contributed by atoms with Crippen molar-refractivity contribution >= 4 is 50.2 Å². The maximum Gasteiger partial charge on any atom is 0.358 e. The van der Waals surface area contributed by atoms with Crippen LogP contribution < -0.4 is 5.32 Å².